The highest BCUT2D eigenvalue weighted by Gasteiger charge is 2.13. The molecule has 7 heteroatoms. The molecule has 0 aliphatic heterocycles. The molecule has 0 amide bonds. The average molecular weight is 513 g/mol. The van der Waals surface area contributed by atoms with E-state index in [0.29, 0.717) is 31.4 Å². The fraction of sp³-hybridized carbons (Fsp3) is 0.323. The molecule has 0 aliphatic carbocycles. The van der Waals surface area contributed by atoms with Crippen LogP contribution in [-0.2, 0) is 16.1 Å². The van der Waals surface area contributed by atoms with Crippen LogP contribution in [0.2, 0.25) is 0 Å². The van der Waals surface area contributed by atoms with Crippen LogP contribution in [0, 0.1) is 0 Å². The van der Waals surface area contributed by atoms with Crippen LogP contribution in [0.5, 0.6) is 0 Å². The Morgan fingerprint density at radius 1 is 0.895 bits per heavy atom. The van der Waals surface area contributed by atoms with E-state index in [9.17, 15) is 4.79 Å². The first-order valence-electron chi connectivity index (χ1n) is 13.4. The molecule has 0 saturated heterocycles. The van der Waals surface area contributed by atoms with Gasteiger partial charge in [-0.1, -0.05) is 62.2 Å². The number of unbranched alkanes of at least 4 members (excludes halogenated alkanes) is 1. The summed E-state index contributed by atoms with van der Waals surface area (Å²) in [6.07, 6.45) is 3.70. The van der Waals surface area contributed by atoms with Gasteiger partial charge in [-0.3, -0.25) is 4.79 Å². The van der Waals surface area contributed by atoms with Gasteiger partial charge in [0.15, 0.2) is 0 Å². The summed E-state index contributed by atoms with van der Waals surface area (Å²) in [5.41, 5.74) is 5.27. The highest BCUT2D eigenvalue weighted by molar-refractivity contribution is 5.69. The molecule has 1 aromatic heterocycles. The van der Waals surface area contributed by atoms with Crippen LogP contribution in [0.1, 0.15) is 56.7 Å². The third kappa shape index (κ3) is 7.76. The third-order valence-corrected chi connectivity index (χ3v) is 6.29. The van der Waals surface area contributed by atoms with Gasteiger partial charge in [-0.25, -0.2) is 0 Å². The van der Waals surface area contributed by atoms with Gasteiger partial charge in [-0.2, -0.15) is 0 Å². The molecule has 0 radical (unpaired) electrons. The summed E-state index contributed by atoms with van der Waals surface area (Å²) in [7, 11) is 0. The minimum Gasteiger partial charge on any atom is -0.466 e. The van der Waals surface area contributed by atoms with Crippen molar-refractivity contribution in [2.75, 3.05) is 18.5 Å². The van der Waals surface area contributed by atoms with Gasteiger partial charge in [-0.15, -0.1) is 10.2 Å². The van der Waals surface area contributed by atoms with Gasteiger partial charge in [0.25, 0.3) is 0 Å². The summed E-state index contributed by atoms with van der Waals surface area (Å²) in [5.74, 6) is 0.853. The molecule has 0 aliphatic rings. The predicted octanol–water partition coefficient (Wildman–Crippen LogP) is 6.79. The molecule has 7 nitrogen and oxygen atoms in total. The summed E-state index contributed by atoms with van der Waals surface area (Å²) in [5, 5.41) is 15.4. The molecule has 198 valence electrons. The maximum absolute atomic E-state index is 11.5. The molecule has 1 atom stereocenters. The fourth-order valence-corrected chi connectivity index (χ4v) is 4.20. The minimum atomic E-state index is -0.165. The lowest BCUT2D eigenvalue weighted by Crippen LogP contribution is -2.19. The van der Waals surface area contributed by atoms with Crippen molar-refractivity contribution in [2.45, 2.75) is 52.1 Å². The van der Waals surface area contributed by atoms with Crippen molar-refractivity contribution in [3.05, 3.63) is 90.0 Å². The maximum Gasteiger partial charge on any atom is 0.307 e. The van der Waals surface area contributed by atoms with Crippen molar-refractivity contribution >= 4 is 11.7 Å². The zero-order valence-corrected chi connectivity index (χ0v) is 22.2. The second kappa shape index (κ2) is 14.1. The number of hydrogen-bond acceptors (Lipinski definition) is 7. The van der Waals surface area contributed by atoms with Gasteiger partial charge in [0.1, 0.15) is 0 Å². The Kier molecular flexibility index (Phi) is 10.0. The average Bonchev–Trinajstić information content (AvgIpc) is 3.45. The van der Waals surface area contributed by atoms with Crippen LogP contribution in [0.3, 0.4) is 0 Å². The van der Waals surface area contributed by atoms with Crippen LogP contribution >= 0.6 is 0 Å². The van der Waals surface area contributed by atoms with Gasteiger partial charge in [0.05, 0.1) is 19.1 Å². The number of carbonyl (C=O) groups excluding carboxylic acids is 1. The van der Waals surface area contributed by atoms with E-state index in [1.807, 2.05) is 49.4 Å². The van der Waals surface area contributed by atoms with Gasteiger partial charge in [0.2, 0.25) is 11.8 Å². The Bertz CT molecular complexity index is 1250. The Labute approximate surface area is 224 Å². The Morgan fingerprint density at radius 2 is 1.58 bits per heavy atom. The number of rotatable bonds is 14. The molecule has 4 aromatic rings. The first-order chi connectivity index (χ1) is 18.7. The SMILES string of the molecule is CCCCC(Nc1ccc(-c2nnc(-c3ccccc3)o2)cc1)c1ccc(CNCCC(=O)OCC)cc1. The summed E-state index contributed by atoms with van der Waals surface area (Å²) in [6, 6.07) is 26.8. The number of anilines is 1. The summed E-state index contributed by atoms with van der Waals surface area (Å²) in [6.45, 7) is 5.78. The minimum absolute atomic E-state index is 0.165. The Balaban J connectivity index is 1.36. The van der Waals surface area contributed by atoms with Crippen LogP contribution in [-0.4, -0.2) is 29.3 Å². The molecular formula is C31H36N4O3. The lowest BCUT2D eigenvalue weighted by Gasteiger charge is -2.21. The lowest BCUT2D eigenvalue weighted by atomic mass is 9.99. The zero-order chi connectivity index (χ0) is 26.6. The molecule has 0 bridgehead atoms. The second-order valence-corrected chi connectivity index (χ2v) is 9.17. The van der Waals surface area contributed by atoms with Gasteiger partial charge < -0.3 is 19.8 Å². The van der Waals surface area contributed by atoms with Gasteiger partial charge >= 0.3 is 5.97 Å². The van der Waals surface area contributed by atoms with Crippen molar-refractivity contribution in [3.8, 4) is 22.9 Å². The number of nitrogens with one attached hydrogen (secondary N) is 2. The number of nitrogens with zero attached hydrogens (tertiary/aromatic N) is 2. The van der Waals surface area contributed by atoms with Crippen molar-refractivity contribution in [1.82, 2.24) is 15.5 Å². The van der Waals surface area contributed by atoms with Crippen molar-refractivity contribution in [2.24, 2.45) is 0 Å². The molecule has 0 fully saturated rings. The number of aromatic nitrogens is 2. The Morgan fingerprint density at radius 3 is 2.24 bits per heavy atom. The lowest BCUT2D eigenvalue weighted by molar-refractivity contribution is -0.142. The monoisotopic (exact) mass is 512 g/mol. The van der Waals surface area contributed by atoms with Crippen molar-refractivity contribution in [1.29, 1.82) is 0 Å². The quantitative estimate of drug-likeness (QED) is 0.142. The number of benzene rings is 3. The van der Waals surface area contributed by atoms with Gasteiger partial charge in [0, 0.05) is 29.9 Å². The maximum atomic E-state index is 11.5. The fourth-order valence-electron chi connectivity index (χ4n) is 4.20. The summed E-state index contributed by atoms with van der Waals surface area (Å²) >= 11 is 0. The number of hydrogen-bond donors (Lipinski definition) is 2. The van der Waals surface area contributed by atoms with E-state index >= 15 is 0 Å². The first kappa shape index (κ1) is 27.1. The van der Waals surface area contributed by atoms with E-state index in [4.69, 9.17) is 9.15 Å². The zero-order valence-electron chi connectivity index (χ0n) is 22.2. The summed E-state index contributed by atoms with van der Waals surface area (Å²) in [4.78, 5) is 11.5. The molecule has 1 unspecified atom stereocenters. The molecule has 4 rings (SSSR count). The van der Waals surface area contributed by atoms with Crippen LogP contribution < -0.4 is 10.6 Å². The number of esters is 1. The number of ether oxygens (including phenoxy) is 1. The van der Waals surface area contributed by atoms with E-state index in [1.54, 1.807) is 0 Å². The number of carbonyl (C=O) groups is 1. The second-order valence-electron chi connectivity index (χ2n) is 9.17. The topological polar surface area (TPSA) is 89.3 Å². The van der Waals surface area contributed by atoms with Crippen LogP contribution in [0.15, 0.2) is 83.3 Å². The van der Waals surface area contributed by atoms with Gasteiger partial charge in [-0.05, 0) is 60.9 Å². The van der Waals surface area contributed by atoms with E-state index < -0.39 is 0 Å². The molecule has 1 heterocycles. The van der Waals surface area contributed by atoms with E-state index in [1.165, 1.54) is 11.1 Å². The third-order valence-electron chi connectivity index (χ3n) is 6.29. The molecule has 0 saturated carbocycles. The Hall–Kier alpha value is -3.97. The largest absolute Gasteiger partial charge is 0.466 e. The van der Waals surface area contributed by atoms with Crippen LogP contribution in [0.4, 0.5) is 5.69 Å². The standard InChI is InChI=1S/C31H36N4O3/c1-3-5-11-28(24-14-12-23(13-15-24)22-32-21-20-29(36)37-4-2)33-27-18-16-26(17-19-27)31-35-34-30(38-31)25-9-7-6-8-10-25/h6-10,12-19,28,32-33H,3-5,11,20-22H2,1-2H3. The molecule has 2 N–H and O–H groups in total. The first-order valence-corrected chi connectivity index (χ1v) is 13.4. The smallest absolute Gasteiger partial charge is 0.307 e. The highest BCUT2D eigenvalue weighted by atomic mass is 16.5. The van der Waals surface area contributed by atoms with Crippen molar-refractivity contribution in [3.63, 3.8) is 0 Å². The van der Waals surface area contributed by atoms with E-state index in [0.717, 1.165) is 42.6 Å². The van der Waals surface area contributed by atoms with Crippen LogP contribution in [0.25, 0.3) is 22.9 Å². The predicted molar refractivity (Wildman–Crippen MR) is 150 cm³/mol. The molecule has 3 aromatic carbocycles. The van der Waals surface area contributed by atoms with Crippen molar-refractivity contribution < 1.29 is 13.9 Å². The summed E-state index contributed by atoms with van der Waals surface area (Å²) < 4.78 is 10.9. The van der Waals surface area contributed by atoms with E-state index in [2.05, 4.69) is 64.2 Å². The molecular weight excluding hydrogens is 476 g/mol. The van der Waals surface area contributed by atoms with E-state index in [-0.39, 0.29) is 12.0 Å². The highest BCUT2D eigenvalue weighted by Crippen LogP contribution is 2.28. The molecule has 0 spiro atoms. The normalized spacial score (nSPS) is 11.7. The molecule has 38 heavy (non-hydrogen) atoms.